The predicted molar refractivity (Wildman–Crippen MR) is 90.6 cm³/mol. The van der Waals surface area contributed by atoms with E-state index in [0.717, 1.165) is 23.4 Å². The van der Waals surface area contributed by atoms with Crippen LogP contribution in [0.5, 0.6) is 0 Å². The molecule has 6 nitrogen and oxygen atoms in total. The highest BCUT2D eigenvalue weighted by atomic mass is 79.9. The Kier molecular flexibility index (Phi) is 5.39. The zero-order valence-electron chi connectivity index (χ0n) is 13.2. The van der Waals surface area contributed by atoms with E-state index in [4.69, 9.17) is 5.41 Å². The minimum absolute atomic E-state index is 0.165. The van der Waals surface area contributed by atoms with Crippen LogP contribution in [0, 0.1) is 11.3 Å². The van der Waals surface area contributed by atoms with Gasteiger partial charge in [0.15, 0.2) is 0 Å². The van der Waals surface area contributed by atoms with E-state index in [1.807, 2.05) is 6.07 Å². The summed E-state index contributed by atoms with van der Waals surface area (Å²) in [6.07, 6.45) is 5.66. The van der Waals surface area contributed by atoms with Crippen LogP contribution in [0.3, 0.4) is 0 Å². The Morgan fingerprint density at radius 1 is 1.59 bits per heavy atom. The summed E-state index contributed by atoms with van der Waals surface area (Å²) in [6.45, 7) is 0. The van der Waals surface area contributed by atoms with Crippen LogP contribution in [0.4, 0.5) is 4.79 Å². The highest BCUT2D eigenvalue weighted by Crippen LogP contribution is 2.32. The van der Waals surface area contributed by atoms with Crippen molar-refractivity contribution < 1.29 is 4.79 Å². The van der Waals surface area contributed by atoms with Crippen molar-refractivity contribution in [2.45, 2.75) is 25.7 Å². The van der Waals surface area contributed by atoms with Crippen LogP contribution in [-0.4, -0.2) is 46.5 Å². The van der Waals surface area contributed by atoms with Gasteiger partial charge >= 0.3 is 6.03 Å². The number of nitrogens with one attached hydrogen (secondary N) is 2. The smallest absolute Gasteiger partial charge is 0.344 e. The van der Waals surface area contributed by atoms with Gasteiger partial charge in [0.25, 0.3) is 0 Å². The highest BCUT2D eigenvalue weighted by Gasteiger charge is 2.25. The van der Waals surface area contributed by atoms with E-state index >= 15 is 0 Å². The van der Waals surface area contributed by atoms with E-state index in [1.165, 1.54) is 22.4 Å². The molecule has 120 valence electrons. The minimum atomic E-state index is -0.165. The molecule has 1 amide bonds. The Labute approximate surface area is 139 Å². The van der Waals surface area contributed by atoms with Crippen molar-refractivity contribution in [1.82, 2.24) is 20.0 Å². The third-order valence-corrected chi connectivity index (χ3v) is 4.07. The Bertz CT molecular complexity index is 601. The predicted octanol–water partition coefficient (Wildman–Crippen LogP) is 2.38. The number of hydrogen-bond donors (Lipinski definition) is 2. The zero-order chi connectivity index (χ0) is 16.3. The standard InChI is InChI=1S/C15H22BrN5O/c1-18-9-11(14(16)17)7-13-8-12(6-10-4-5-10)19-21(13)15(22)20(2)3/h8-10,17-18H,4-7H2,1-3H3/b11-9-,17-14?. The summed E-state index contributed by atoms with van der Waals surface area (Å²) in [5, 5.41) is 15.2. The number of rotatable bonds is 6. The lowest BCUT2D eigenvalue weighted by molar-refractivity contribution is 0.215. The van der Waals surface area contributed by atoms with Crippen molar-refractivity contribution >= 4 is 26.6 Å². The average molecular weight is 368 g/mol. The van der Waals surface area contributed by atoms with Gasteiger partial charge in [0.1, 0.15) is 4.62 Å². The molecule has 1 aliphatic carbocycles. The van der Waals surface area contributed by atoms with E-state index in [-0.39, 0.29) is 6.03 Å². The lowest BCUT2D eigenvalue weighted by Gasteiger charge is -2.13. The van der Waals surface area contributed by atoms with Gasteiger partial charge in [-0.15, -0.1) is 0 Å². The quantitative estimate of drug-likeness (QED) is 0.758. The van der Waals surface area contributed by atoms with Crippen LogP contribution in [0.1, 0.15) is 24.2 Å². The lowest BCUT2D eigenvalue weighted by atomic mass is 10.1. The van der Waals surface area contributed by atoms with Gasteiger partial charge in [-0.25, -0.2) is 4.79 Å². The van der Waals surface area contributed by atoms with Crippen molar-refractivity contribution in [3.63, 3.8) is 0 Å². The summed E-state index contributed by atoms with van der Waals surface area (Å²) < 4.78 is 1.76. The Morgan fingerprint density at radius 2 is 2.27 bits per heavy atom. The molecular weight excluding hydrogens is 346 g/mol. The fourth-order valence-corrected chi connectivity index (χ4v) is 2.49. The van der Waals surface area contributed by atoms with Crippen molar-refractivity contribution in [2.24, 2.45) is 5.92 Å². The minimum Gasteiger partial charge on any atom is -0.394 e. The second-order valence-electron chi connectivity index (χ2n) is 5.81. The normalized spacial score (nSPS) is 14.8. The maximum atomic E-state index is 12.3. The summed E-state index contributed by atoms with van der Waals surface area (Å²) in [7, 11) is 5.22. The maximum absolute atomic E-state index is 12.3. The first-order chi connectivity index (χ1) is 10.4. The number of aromatic nitrogens is 2. The molecule has 0 aromatic carbocycles. The number of hydrogen-bond acceptors (Lipinski definition) is 4. The largest absolute Gasteiger partial charge is 0.394 e. The molecular formula is C15H22BrN5O. The number of allylic oxidation sites excluding steroid dienone is 1. The van der Waals surface area contributed by atoms with Gasteiger partial charge < -0.3 is 10.2 Å². The summed E-state index contributed by atoms with van der Waals surface area (Å²) in [5.41, 5.74) is 2.53. The Morgan fingerprint density at radius 3 is 2.77 bits per heavy atom. The molecule has 0 radical (unpaired) electrons. The monoisotopic (exact) mass is 367 g/mol. The van der Waals surface area contributed by atoms with Gasteiger partial charge in [-0.1, -0.05) is 0 Å². The van der Waals surface area contributed by atoms with Crippen molar-refractivity contribution in [1.29, 1.82) is 5.41 Å². The highest BCUT2D eigenvalue weighted by molar-refractivity contribution is 9.18. The van der Waals surface area contributed by atoms with Crippen LogP contribution in [0.15, 0.2) is 17.8 Å². The van der Waals surface area contributed by atoms with Gasteiger partial charge in [0.05, 0.1) is 11.4 Å². The summed E-state index contributed by atoms with van der Waals surface area (Å²) in [4.78, 5) is 13.8. The van der Waals surface area contributed by atoms with Gasteiger partial charge in [-0.05, 0) is 47.2 Å². The fourth-order valence-electron chi connectivity index (χ4n) is 2.23. The number of carbonyl (C=O) groups excluding carboxylic acids is 1. The molecule has 1 fully saturated rings. The van der Waals surface area contributed by atoms with Crippen LogP contribution < -0.4 is 5.32 Å². The van der Waals surface area contributed by atoms with Crippen molar-refractivity contribution in [3.8, 4) is 0 Å². The van der Waals surface area contributed by atoms with Crippen LogP contribution in [0.25, 0.3) is 0 Å². The third kappa shape index (κ3) is 4.19. The summed E-state index contributed by atoms with van der Waals surface area (Å²) in [6, 6.07) is 1.82. The topological polar surface area (TPSA) is 74.0 Å². The molecule has 1 aromatic rings. The molecule has 2 rings (SSSR count). The zero-order valence-corrected chi connectivity index (χ0v) is 14.8. The number of carbonyl (C=O) groups is 1. The fraction of sp³-hybridized carbons (Fsp3) is 0.533. The summed E-state index contributed by atoms with van der Waals surface area (Å²) in [5.74, 6) is 0.715. The molecule has 0 unspecified atom stereocenters. The molecule has 2 N–H and O–H groups in total. The number of halogens is 1. The van der Waals surface area contributed by atoms with Gasteiger partial charge in [-0.3, -0.25) is 5.41 Å². The molecule has 1 saturated carbocycles. The van der Waals surface area contributed by atoms with Crippen LogP contribution in [0.2, 0.25) is 0 Å². The van der Waals surface area contributed by atoms with E-state index < -0.39 is 0 Å². The SMILES string of the molecule is CN/C=C(/Cc1cc(CC2CC2)nn1C(=O)N(C)C)C(=N)Br. The van der Waals surface area contributed by atoms with Crippen molar-refractivity contribution in [3.05, 3.63) is 29.2 Å². The van der Waals surface area contributed by atoms with E-state index in [0.29, 0.717) is 17.0 Å². The molecule has 22 heavy (non-hydrogen) atoms. The van der Waals surface area contributed by atoms with Crippen molar-refractivity contribution in [2.75, 3.05) is 21.1 Å². The molecule has 1 aromatic heterocycles. The van der Waals surface area contributed by atoms with Gasteiger partial charge in [0.2, 0.25) is 0 Å². The molecule has 1 heterocycles. The molecule has 7 heteroatoms. The van der Waals surface area contributed by atoms with E-state index in [9.17, 15) is 4.79 Å². The van der Waals surface area contributed by atoms with E-state index in [1.54, 1.807) is 27.3 Å². The number of amides is 1. The second-order valence-corrected chi connectivity index (χ2v) is 6.61. The Hall–Kier alpha value is -1.63. The molecule has 1 aliphatic rings. The first kappa shape index (κ1) is 16.7. The molecule has 0 saturated heterocycles. The number of nitrogens with zero attached hydrogens (tertiary/aromatic N) is 3. The Balaban J connectivity index is 2.29. The lowest BCUT2D eigenvalue weighted by Crippen LogP contribution is -2.29. The van der Waals surface area contributed by atoms with E-state index in [2.05, 4.69) is 26.3 Å². The second kappa shape index (κ2) is 7.09. The first-order valence-electron chi connectivity index (χ1n) is 7.32. The molecule has 0 aliphatic heterocycles. The summed E-state index contributed by atoms with van der Waals surface area (Å²) >= 11 is 3.20. The van der Waals surface area contributed by atoms with Gasteiger partial charge in [0, 0.05) is 39.3 Å². The first-order valence-corrected chi connectivity index (χ1v) is 8.12. The molecule has 0 atom stereocenters. The maximum Gasteiger partial charge on any atom is 0.344 e. The van der Waals surface area contributed by atoms with Crippen LogP contribution in [-0.2, 0) is 12.8 Å². The van der Waals surface area contributed by atoms with Gasteiger partial charge in [-0.2, -0.15) is 9.78 Å². The third-order valence-electron chi connectivity index (χ3n) is 3.56. The van der Waals surface area contributed by atoms with Crippen LogP contribution >= 0.6 is 15.9 Å². The average Bonchev–Trinajstić information content (AvgIpc) is 3.17. The molecule has 0 spiro atoms. The molecule has 0 bridgehead atoms.